The molecule has 0 aliphatic carbocycles. The first-order chi connectivity index (χ1) is 27.7. The van der Waals surface area contributed by atoms with Crippen LogP contribution < -0.4 is 0 Å². The van der Waals surface area contributed by atoms with Crippen LogP contribution in [0.1, 0.15) is 8.22 Å². The number of hydrogen-bond acceptors (Lipinski definition) is 4. The van der Waals surface area contributed by atoms with Gasteiger partial charge in [-0.15, -0.1) is 0 Å². The van der Waals surface area contributed by atoms with Gasteiger partial charge in [0.2, 0.25) is 5.95 Å². The molecule has 0 radical (unpaired) electrons. The normalized spacial score (nSPS) is 13.6. The van der Waals surface area contributed by atoms with Crippen LogP contribution in [0.15, 0.2) is 168 Å². The summed E-state index contributed by atoms with van der Waals surface area (Å²) in [6.45, 7) is 0. The number of para-hydroxylation sites is 5. The lowest BCUT2D eigenvalue weighted by Crippen LogP contribution is -2.06. The topological polar surface area (TPSA) is 61.7 Å². The Morgan fingerprint density at radius 1 is 0.431 bits per heavy atom. The van der Waals surface area contributed by atoms with Gasteiger partial charge >= 0.3 is 0 Å². The second-order valence-electron chi connectivity index (χ2n) is 12.4. The van der Waals surface area contributed by atoms with Crippen LogP contribution in [0.2, 0.25) is 0 Å². The average Bonchev–Trinajstić information content (AvgIpc) is 3.91. The van der Waals surface area contributed by atoms with E-state index in [1.807, 2.05) is 91.0 Å². The molecule has 0 saturated heterocycles. The highest BCUT2D eigenvalue weighted by molar-refractivity contribution is 6.10. The molecule has 0 aliphatic heterocycles. The predicted octanol–water partition coefficient (Wildman–Crippen LogP) is 11.3. The molecule has 0 fully saturated rings. The zero-order valence-electron chi connectivity index (χ0n) is 32.8. The number of hydrogen-bond donors (Lipinski definition) is 0. The predicted molar refractivity (Wildman–Crippen MR) is 207 cm³/mol. The molecule has 0 amide bonds. The van der Waals surface area contributed by atoms with Crippen LogP contribution in [0.5, 0.6) is 0 Å². The standard InChI is InChI=1S/C45H27N5O/c1-6-16-37-31(11-1)32-12-2-7-17-38(32)49(37)30-24-21-28(22-25-30)43-46-44(29-23-26-36-35-15-5-10-20-41(35)51-42(36)27-29)48-45(47-43)50-39-18-8-3-13-33(39)34-14-4-9-19-40(34)50/h1-27H/i3D,4D,13D,14D,18D,19D. The molecule has 238 valence electrons. The van der Waals surface area contributed by atoms with Gasteiger partial charge in [0, 0.05) is 49.1 Å². The first-order valence-corrected chi connectivity index (χ1v) is 16.5. The molecule has 0 atom stereocenters. The van der Waals surface area contributed by atoms with E-state index in [9.17, 15) is 0 Å². The molecule has 7 aromatic carbocycles. The Labute approximate surface area is 299 Å². The number of nitrogens with zero attached hydrogens (tertiary/aromatic N) is 5. The van der Waals surface area contributed by atoms with E-state index in [0.29, 0.717) is 28.4 Å². The minimum atomic E-state index is -0.214. The van der Waals surface area contributed by atoms with Crippen LogP contribution in [0.3, 0.4) is 0 Å². The van der Waals surface area contributed by atoms with Gasteiger partial charge in [0.25, 0.3) is 0 Å². The van der Waals surface area contributed by atoms with E-state index in [1.165, 1.54) is 16.7 Å². The van der Waals surface area contributed by atoms with Gasteiger partial charge in [-0.3, -0.25) is 4.57 Å². The number of furan rings is 1. The highest BCUT2D eigenvalue weighted by Crippen LogP contribution is 2.36. The summed E-state index contributed by atoms with van der Waals surface area (Å²) >= 11 is 0. The van der Waals surface area contributed by atoms with E-state index in [1.54, 1.807) is 0 Å². The quantitative estimate of drug-likeness (QED) is 0.189. The molecule has 0 bridgehead atoms. The van der Waals surface area contributed by atoms with Gasteiger partial charge in [0.05, 0.1) is 30.3 Å². The number of fused-ring (bicyclic) bond motifs is 9. The molecule has 4 heterocycles. The van der Waals surface area contributed by atoms with Crippen LogP contribution in [-0.4, -0.2) is 24.1 Å². The molecular weight excluding hydrogens is 627 g/mol. The third-order valence-electron chi connectivity index (χ3n) is 9.55. The van der Waals surface area contributed by atoms with Crippen molar-refractivity contribution in [3.8, 4) is 34.4 Å². The Morgan fingerprint density at radius 2 is 1.00 bits per heavy atom. The van der Waals surface area contributed by atoms with Gasteiger partial charge in [0.1, 0.15) is 11.2 Å². The Hall–Kier alpha value is -7.05. The van der Waals surface area contributed by atoms with Gasteiger partial charge in [-0.25, -0.2) is 4.98 Å². The van der Waals surface area contributed by atoms with Crippen molar-refractivity contribution < 1.29 is 12.6 Å². The van der Waals surface area contributed by atoms with Crippen LogP contribution >= 0.6 is 0 Å². The number of aromatic nitrogens is 5. The second kappa shape index (κ2) is 10.7. The van der Waals surface area contributed by atoms with Crippen molar-refractivity contribution in [2.24, 2.45) is 0 Å². The fraction of sp³-hybridized carbons (Fsp3) is 0. The first-order valence-electron chi connectivity index (χ1n) is 19.5. The lowest BCUT2D eigenvalue weighted by atomic mass is 10.1. The van der Waals surface area contributed by atoms with Gasteiger partial charge < -0.3 is 8.98 Å². The highest BCUT2D eigenvalue weighted by Gasteiger charge is 2.19. The molecule has 0 N–H and O–H groups in total. The fourth-order valence-corrected chi connectivity index (χ4v) is 7.26. The van der Waals surface area contributed by atoms with E-state index in [2.05, 4.69) is 28.8 Å². The van der Waals surface area contributed by atoms with Crippen LogP contribution in [0, 0.1) is 0 Å². The minimum Gasteiger partial charge on any atom is -0.456 e. The number of rotatable bonds is 4. The average molecular weight is 660 g/mol. The Balaban J connectivity index is 1.17. The molecule has 11 aromatic rings. The molecule has 0 unspecified atom stereocenters. The zero-order chi connectivity index (χ0) is 38.7. The SMILES string of the molecule is [2H]c1cc([2H])c2c(c1[2H])c1c([2H])c([2H])cc([2H])c1n2-c1nc(-c2ccc(-n3c4ccccc4c4ccccc43)cc2)nc(-c2ccc3c(c2)oc2ccccc23)n1. The van der Waals surface area contributed by atoms with Crippen molar-refractivity contribution in [2.45, 2.75) is 0 Å². The summed E-state index contributed by atoms with van der Waals surface area (Å²) in [5, 5.41) is 4.47. The number of benzene rings is 7. The van der Waals surface area contributed by atoms with Crippen LogP contribution in [0.4, 0.5) is 0 Å². The lowest BCUT2D eigenvalue weighted by molar-refractivity contribution is 0.669. The molecule has 11 rings (SSSR count). The summed E-state index contributed by atoms with van der Waals surface area (Å²) in [5.41, 5.74) is 6.14. The third kappa shape index (κ3) is 4.20. The van der Waals surface area contributed by atoms with Crippen molar-refractivity contribution in [2.75, 3.05) is 0 Å². The van der Waals surface area contributed by atoms with E-state index in [4.69, 9.17) is 27.6 Å². The van der Waals surface area contributed by atoms with Crippen LogP contribution in [-0.2, 0) is 0 Å². The van der Waals surface area contributed by atoms with Crippen molar-refractivity contribution in [1.29, 1.82) is 0 Å². The van der Waals surface area contributed by atoms with E-state index in [0.717, 1.165) is 43.8 Å². The van der Waals surface area contributed by atoms with Gasteiger partial charge in [-0.2, -0.15) is 9.97 Å². The molecule has 4 aromatic heterocycles. The van der Waals surface area contributed by atoms with Gasteiger partial charge in [0.15, 0.2) is 11.6 Å². The van der Waals surface area contributed by atoms with Gasteiger partial charge in [-0.1, -0.05) is 97.0 Å². The second-order valence-corrected chi connectivity index (χ2v) is 12.4. The summed E-state index contributed by atoms with van der Waals surface area (Å²) < 4.78 is 62.7. The minimum absolute atomic E-state index is 0.0578. The first kappa shape index (κ1) is 22.6. The highest BCUT2D eigenvalue weighted by atomic mass is 16.3. The summed E-state index contributed by atoms with van der Waals surface area (Å²) in [6, 6.07) is 39.6. The van der Waals surface area contributed by atoms with E-state index in [-0.39, 0.29) is 64.0 Å². The maximum Gasteiger partial charge on any atom is 0.238 e. The third-order valence-corrected chi connectivity index (χ3v) is 9.55. The van der Waals surface area contributed by atoms with Crippen molar-refractivity contribution in [3.63, 3.8) is 0 Å². The van der Waals surface area contributed by atoms with Crippen molar-refractivity contribution in [3.05, 3.63) is 164 Å². The summed E-state index contributed by atoms with van der Waals surface area (Å²) in [7, 11) is 0. The van der Waals surface area contributed by atoms with Gasteiger partial charge in [-0.05, 0) is 66.7 Å². The molecule has 6 nitrogen and oxygen atoms in total. The maximum absolute atomic E-state index is 9.02. The Bertz CT molecular complexity index is 3370. The monoisotopic (exact) mass is 659 g/mol. The fourth-order valence-electron chi connectivity index (χ4n) is 7.26. The molecule has 0 spiro atoms. The molecular formula is C45H27N5O. The van der Waals surface area contributed by atoms with Crippen molar-refractivity contribution >= 4 is 65.6 Å². The smallest absolute Gasteiger partial charge is 0.238 e. The summed E-state index contributed by atoms with van der Waals surface area (Å²) in [6.07, 6.45) is 0. The van der Waals surface area contributed by atoms with Crippen LogP contribution in [0.25, 0.3) is 100.0 Å². The lowest BCUT2D eigenvalue weighted by Gasteiger charge is -2.12. The maximum atomic E-state index is 9.02. The molecule has 0 saturated carbocycles. The Morgan fingerprint density at radius 3 is 1.69 bits per heavy atom. The largest absolute Gasteiger partial charge is 0.456 e. The molecule has 51 heavy (non-hydrogen) atoms. The molecule has 6 heteroatoms. The molecule has 0 aliphatic rings. The van der Waals surface area contributed by atoms with Crippen molar-refractivity contribution in [1.82, 2.24) is 24.1 Å². The van der Waals surface area contributed by atoms with E-state index >= 15 is 0 Å². The Kier molecular flexibility index (Phi) is 4.74. The summed E-state index contributed by atoms with van der Waals surface area (Å²) in [5.74, 6) is 0.665. The zero-order valence-corrected chi connectivity index (χ0v) is 26.8. The summed E-state index contributed by atoms with van der Waals surface area (Å²) in [4.78, 5) is 14.9. The van der Waals surface area contributed by atoms with E-state index < -0.39 is 0 Å².